The first-order valence-electron chi connectivity index (χ1n) is 10.7. The fourth-order valence-corrected chi connectivity index (χ4v) is 5.01. The molecule has 3 aromatic rings. The average Bonchev–Trinajstić information content (AvgIpc) is 3.51. The van der Waals surface area contributed by atoms with Gasteiger partial charge in [0.25, 0.3) is 5.91 Å². The summed E-state index contributed by atoms with van der Waals surface area (Å²) in [5.74, 6) is 0.0961. The summed E-state index contributed by atoms with van der Waals surface area (Å²) in [7, 11) is 1.96. The second-order valence-corrected chi connectivity index (χ2v) is 8.55. The number of anilines is 1. The molecule has 0 atom stereocenters. The third-order valence-electron chi connectivity index (χ3n) is 6.93. The number of hydrogen-bond acceptors (Lipinski definition) is 3. The maximum absolute atomic E-state index is 13.5. The van der Waals surface area contributed by atoms with Crippen molar-refractivity contribution in [2.75, 3.05) is 38.3 Å². The minimum atomic E-state index is -0.180. The summed E-state index contributed by atoms with van der Waals surface area (Å²) in [5, 5.41) is 0. The molecule has 2 fully saturated rings. The zero-order valence-corrected chi connectivity index (χ0v) is 17.2. The minimum absolute atomic E-state index is 0.0961. The molecule has 3 heterocycles. The molecule has 5 heteroatoms. The summed E-state index contributed by atoms with van der Waals surface area (Å²) in [6.07, 6.45) is 4.15. The van der Waals surface area contributed by atoms with Gasteiger partial charge in [0.1, 0.15) is 5.69 Å². The number of carbonyl (C=O) groups is 1. The van der Waals surface area contributed by atoms with Gasteiger partial charge in [-0.1, -0.05) is 30.3 Å². The zero-order chi connectivity index (χ0) is 20.3. The van der Waals surface area contributed by atoms with Crippen LogP contribution >= 0.6 is 0 Å². The predicted molar refractivity (Wildman–Crippen MR) is 117 cm³/mol. The van der Waals surface area contributed by atoms with Crippen LogP contribution in [0.15, 0.2) is 60.8 Å². The van der Waals surface area contributed by atoms with Gasteiger partial charge in [-0.25, -0.2) is 0 Å². The van der Waals surface area contributed by atoms with E-state index in [0.717, 1.165) is 61.7 Å². The molecule has 5 nitrogen and oxygen atoms in total. The minimum Gasteiger partial charge on any atom is -0.378 e. The number of aromatic nitrogens is 1. The lowest BCUT2D eigenvalue weighted by molar-refractivity contribution is 0.0705. The highest BCUT2D eigenvalue weighted by atomic mass is 16.5. The molecular weight excluding hydrogens is 374 g/mol. The van der Waals surface area contributed by atoms with Gasteiger partial charge in [-0.05, 0) is 42.7 Å². The molecule has 0 unspecified atom stereocenters. The van der Waals surface area contributed by atoms with Crippen LogP contribution in [0.25, 0.3) is 16.8 Å². The molecule has 1 spiro atoms. The Kier molecular flexibility index (Phi) is 3.84. The topological polar surface area (TPSA) is 37.7 Å². The molecule has 1 saturated carbocycles. The van der Waals surface area contributed by atoms with Crippen molar-refractivity contribution in [3.63, 3.8) is 0 Å². The van der Waals surface area contributed by atoms with E-state index < -0.39 is 0 Å². The van der Waals surface area contributed by atoms with Crippen molar-refractivity contribution >= 4 is 11.6 Å². The molecule has 0 radical (unpaired) electrons. The number of fused-ring (bicyclic) bond motifs is 4. The van der Waals surface area contributed by atoms with Gasteiger partial charge < -0.3 is 19.1 Å². The normalized spacial score (nSPS) is 19.4. The second-order valence-electron chi connectivity index (χ2n) is 8.55. The number of benzene rings is 2. The molecule has 6 rings (SSSR count). The Morgan fingerprint density at radius 2 is 1.70 bits per heavy atom. The van der Waals surface area contributed by atoms with Crippen molar-refractivity contribution in [3.8, 4) is 16.8 Å². The lowest BCUT2D eigenvalue weighted by Gasteiger charge is -2.31. The zero-order valence-electron chi connectivity index (χ0n) is 17.2. The van der Waals surface area contributed by atoms with Crippen LogP contribution in [-0.2, 0) is 10.3 Å². The molecule has 3 aliphatic rings. The Bertz CT molecular complexity index is 1120. The summed E-state index contributed by atoms with van der Waals surface area (Å²) in [5.41, 5.74) is 6.36. The maximum Gasteiger partial charge on any atom is 0.271 e. The molecule has 1 saturated heterocycles. The fourth-order valence-electron chi connectivity index (χ4n) is 5.01. The van der Waals surface area contributed by atoms with E-state index in [1.165, 1.54) is 11.3 Å². The molecule has 2 aromatic carbocycles. The summed E-state index contributed by atoms with van der Waals surface area (Å²) >= 11 is 0. The first-order chi connectivity index (χ1) is 14.7. The number of rotatable bonds is 2. The van der Waals surface area contributed by atoms with Gasteiger partial charge in [0.2, 0.25) is 0 Å². The first-order valence-corrected chi connectivity index (χ1v) is 10.7. The largest absolute Gasteiger partial charge is 0.378 e. The average molecular weight is 399 g/mol. The third-order valence-corrected chi connectivity index (χ3v) is 6.93. The number of ether oxygens (including phenoxy) is 1. The van der Waals surface area contributed by atoms with Gasteiger partial charge in [0, 0.05) is 43.1 Å². The summed E-state index contributed by atoms with van der Waals surface area (Å²) in [6, 6.07) is 19.0. The van der Waals surface area contributed by atoms with Crippen LogP contribution in [0.3, 0.4) is 0 Å². The summed E-state index contributed by atoms with van der Waals surface area (Å²) < 4.78 is 7.63. The number of nitrogens with zero attached hydrogens (tertiary/aromatic N) is 3. The highest BCUT2D eigenvalue weighted by Crippen LogP contribution is 2.55. The standard InChI is InChI=1S/C25H25N3O2/c1-26-24(29)23-15-19(18-5-3-2-4-6-18)17-28(23)22-8-7-20(27-11-13-30-14-12-27)16-21(22)25(26)9-10-25/h2-8,15-17H,9-14H2,1H3. The van der Waals surface area contributed by atoms with Crippen LogP contribution in [0.1, 0.15) is 28.9 Å². The Hall–Kier alpha value is -3.05. The van der Waals surface area contributed by atoms with Crippen LogP contribution < -0.4 is 4.90 Å². The maximum atomic E-state index is 13.5. The summed E-state index contributed by atoms with van der Waals surface area (Å²) in [4.78, 5) is 17.8. The van der Waals surface area contributed by atoms with Crippen molar-refractivity contribution < 1.29 is 9.53 Å². The summed E-state index contributed by atoms with van der Waals surface area (Å²) in [6.45, 7) is 3.35. The van der Waals surface area contributed by atoms with Gasteiger partial charge >= 0.3 is 0 Å². The quantitative estimate of drug-likeness (QED) is 0.652. The molecule has 152 valence electrons. The monoisotopic (exact) mass is 399 g/mol. The highest BCUT2D eigenvalue weighted by molar-refractivity contribution is 5.97. The van der Waals surface area contributed by atoms with Gasteiger partial charge in [-0.15, -0.1) is 0 Å². The van der Waals surface area contributed by atoms with E-state index in [0.29, 0.717) is 0 Å². The Morgan fingerprint density at radius 3 is 2.43 bits per heavy atom. The van der Waals surface area contributed by atoms with E-state index in [-0.39, 0.29) is 11.4 Å². The molecular formula is C25H25N3O2. The van der Waals surface area contributed by atoms with Crippen molar-refractivity contribution in [2.45, 2.75) is 18.4 Å². The predicted octanol–water partition coefficient (Wildman–Crippen LogP) is 4.06. The molecule has 1 aromatic heterocycles. The number of amides is 1. The van der Waals surface area contributed by atoms with Gasteiger partial charge in [-0.3, -0.25) is 4.79 Å². The van der Waals surface area contributed by atoms with Crippen LogP contribution in [0, 0.1) is 0 Å². The van der Waals surface area contributed by atoms with E-state index >= 15 is 0 Å². The van der Waals surface area contributed by atoms with Crippen molar-refractivity contribution in [1.82, 2.24) is 9.47 Å². The van der Waals surface area contributed by atoms with Crippen LogP contribution in [-0.4, -0.2) is 48.7 Å². The van der Waals surface area contributed by atoms with Crippen LogP contribution in [0.5, 0.6) is 0 Å². The molecule has 1 aliphatic carbocycles. The number of carbonyl (C=O) groups excluding carboxylic acids is 1. The molecule has 0 bridgehead atoms. The highest BCUT2D eigenvalue weighted by Gasteiger charge is 2.53. The Morgan fingerprint density at radius 1 is 0.933 bits per heavy atom. The molecule has 30 heavy (non-hydrogen) atoms. The SMILES string of the molecule is CN1C(=O)c2cc(-c3ccccc3)cn2-c2ccc(N3CCOCC3)cc2C12CC2. The molecule has 1 amide bonds. The lowest BCUT2D eigenvalue weighted by Crippen LogP contribution is -2.37. The molecule has 2 aliphatic heterocycles. The van der Waals surface area contributed by atoms with Crippen molar-refractivity contribution in [2.24, 2.45) is 0 Å². The van der Waals surface area contributed by atoms with Crippen LogP contribution in [0.2, 0.25) is 0 Å². The van der Waals surface area contributed by atoms with E-state index in [1.54, 1.807) is 0 Å². The van der Waals surface area contributed by atoms with E-state index in [2.05, 4.69) is 46.0 Å². The van der Waals surface area contributed by atoms with Crippen molar-refractivity contribution in [3.05, 3.63) is 72.1 Å². The first kappa shape index (κ1) is 17.8. The van der Waals surface area contributed by atoms with Gasteiger partial charge in [0.05, 0.1) is 24.4 Å². The second kappa shape index (κ2) is 6.47. The number of hydrogen-bond donors (Lipinski definition) is 0. The number of morpholine rings is 1. The third kappa shape index (κ3) is 2.55. The van der Waals surface area contributed by atoms with Gasteiger partial charge in [0.15, 0.2) is 0 Å². The fraction of sp³-hybridized carbons (Fsp3) is 0.320. The van der Waals surface area contributed by atoms with Crippen molar-refractivity contribution in [1.29, 1.82) is 0 Å². The smallest absolute Gasteiger partial charge is 0.271 e. The van der Waals surface area contributed by atoms with E-state index in [9.17, 15) is 4.79 Å². The van der Waals surface area contributed by atoms with E-state index in [4.69, 9.17) is 4.74 Å². The Balaban J connectivity index is 1.52. The van der Waals surface area contributed by atoms with Gasteiger partial charge in [-0.2, -0.15) is 0 Å². The Labute approximate surface area is 176 Å². The lowest BCUT2D eigenvalue weighted by atomic mass is 9.99. The van der Waals surface area contributed by atoms with Crippen LogP contribution in [0.4, 0.5) is 5.69 Å². The molecule has 0 N–H and O–H groups in total. The van der Waals surface area contributed by atoms with E-state index in [1.807, 2.05) is 36.2 Å².